The van der Waals surface area contributed by atoms with Crippen LogP contribution in [0.5, 0.6) is 0 Å². The molecule has 0 unspecified atom stereocenters. The van der Waals surface area contributed by atoms with Gasteiger partial charge < -0.3 is 21.7 Å². The number of rotatable bonds is 3. The van der Waals surface area contributed by atoms with Gasteiger partial charge in [0.25, 0.3) is 5.78 Å². The Morgan fingerprint density at radius 3 is 2.06 bits per heavy atom. The number of ketones is 1. The van der Waals surface area contributed by atoms with Gasteiger partial charge in [0.15, 0.2) is 0 Å². The number of carboxylic acid groups (broad SMARTS) is 1. The van der Waals surface area contributed by atoms with Gasteiger partial charge in [0.1, 0.15) is 5.76 Å². The zero-order valence-electron chi connectivity index (χ0n) is 9.10. The second kappa shape index (κ2) is 4.56. The molecule has 0 bridgehead atoms. The Morgan fingerprint density at radius 1 is 1.18 bits per heavy atom. The van der Waals surface area contributed by atoms with Crippen LogP contribution in [-0.2, 0) is 9.59 Å². The van der Waals surface area contributed by atoms with Gasteiger partial charge >= 0.3 is 5.97 Å². The second-order valence-corrected chi connectivity index (χ2v) is 3.48. The van der Waals surface area contributed by atoms with Crippen molar-refractivity contribution in [2.45, 2.75) is 6.92 Å². The lowest BCUT2D eigenvalue weighted by Gasteiger charge is -2.07. The molecule has 0 aliphatic carbocycles. The van der Waals surface area contributed by atoms with Crippen LogP contribution in [0.4, 0.5) is 11.4 Å². The van der Waals surface area contributed by atoms with Crippen molar-refractivity contribution in [2.75, 3.05) is 11.5 Å². The first kappa shape index (κ1) is 12.6. The number of hydrogen-bond acceptors (Lipinski definition) is 5. The van der Waals surface area contributed by atoms with E-state index in [2.05, 4.69) is 0 Å². The van der Waals surface area contributed by atoms with Crippen molar-refractivity contribution in [1.29, 1.82) is 0 Å². The van der Waals surface area contributed by atoms with E-state index in [1.165, 1.54) is 12.1 Å². The standard InChI is InChI=1S/C11H12N2O4/c1-5-7(12)2-6(3-8(5)13)9(14)4-10(15)11(16)17/h2-4,14H,12-13H2,1H3,(H,16,17). The number of benzene rings is 1. The minimum absolute atomic E-state index is 0.195. The van der Waals surface area contributed by atoms with Crippen molar-refractivity contribution in [3.8, 4) is 0 Å². The molecule has 0 spiro atoms. The Morgan fingerprint density at radius 2 is 1.65 bits per heavy atom. The maximum atomic E-state index is 10.9. The Balaban J connectivity index is 3.18. The number of carbonyl (C=O) groups excluding carboxylic acids is 1. The lowest BCUT2D eigenvalue weighted by molar-refractivity contribution is -0.146. The number of nitrogen functional groups attached to an aromatic ring is 2. The van der Waals surface area contributed by atoms with E-state index in [9.17, 15) is 14.7 Å². The summed E-state index contributed by atoms with van der Waals surface area (Å²) in [5, 5.41) is 17.9. The summed E-state index contributed by atoms with van der Waals surface area (Å²) in [5.74, 6) is -3.36. The highest BCUT2D eigenvalue weighted by Crippen LogP contribution is 2.24. The van der Waals surface area contributed by atoms with Crippen LogP contribution in [0.15, 0.2) is 18.2 Å². The van der Waals surface area contributed by atoms with Gasteiger partial charge in [0.2, 0.25) is 0 Å². The quantitative estimate of drug-likeness (QED) is 0.265. The van der Waals surface area contributed by atoms with Crippen molar-refractivity contribution in [2.24, 2.45) is 0 Å². The molecule has 0 radical (unpaired) electrons. The predicted molar refractivity (Wildman–Crippen MR) is 63.3 cm³/mol. The lowest BCUT2D eigenvalue weighted by Crippen LogP contribution is -2.09. The van der Waals surface area contributed by atoms with Crippen LogP contribution in [0.1, 0.15) is 11.1 Å². The number of anilines is 2. The molecule has 0 saturated carbocycles. The molecular formula is C11H12N2O4. The van der Waals surface area contributed by atoms with Gasteiger partial charge in [-0.2, -0.15) is 0 Å². The molecule has 0 aromatic heterocycles. The molecule has 6 N–H and O–H groups in total. The summed E-state index contributed by atoms with van der Waals surface area (Å²) >= 11 is 0. The molecule has 0 amide bonds. The third-order valence-corrected chi connectivity index (χ3v) is 2.26. The molecule has 0 atom stereocenters. The number of aliphatic hydroxyl groups excluding tert-OH is 1. The van der Waals surface area contributed by atoms with Gasteiger partial charge in [-0.15, -0.1) is 0 Å². The Bertz CT molecular complexity index is 497. The number of carbonyl (C=O) groups is 2. The monoisotopic (exact) mass is 236 g/mol. The number of aliphatic carboxylic acids is 1. The molecule has 1 rings (SSSR count). The zero-order chi connectivity index (χ0) is 13.2. The predicted octanol–water partition coefficient (Wildman–Crippen LogP) is 0.712. The van der Waals surface area contributed by atoms with Crippen LogP contribution in [0.2, 0.25) is 0 Å². The van der Waals surface area contributed by atoms with Gasteiger partial charge in [-0.05, 0) is 24.6 Å². The molecule has 1 aromatic rings. The zero-order valence-corrected chi connectivity index (χ0v) is 9.10. The topological polar surface area (TPSA) is 127 Å². The van der Waals surface area contributed by atoms with Crippen LogP contribution in [0, 0.1) is 6.92 Å². The summed E-state index contributed by atoms with van der Waals surface area (Å²) in [6.07, 6.45) is 0.603. The number of nitrogens with two attached hydrogens (primary N) is 2. The summed E-state index contributed by atoms with van der Waals surface area (Å²) in [6, 6.07) is 2.82. The van der Waals surface area contributed by atoms with E-state index in [1.807, 2.05) is 0 Å². The molecule has 0 fully saturated rings. The van der Waals surface area contributed by atoms with Crippen molar-refractivity contribution in [1.82, 2.24) is 0 Å². The number of aliphatic hydroxyl groups is 1. The molecule has 1 aromatic carbocycles. The molecule has 0 aliphatic rings. The molecule has 6 heteroatoms. The molecule has 0 heterocycles. The van der Waals surface area contributed by atoms with Gasteiger partial charge in [0.05, 0.1) is 0 Å². The summed E-state index contributed by atoms with van der Waals surface area (Å²) in [4.78, 5) is 21.2. The van der Waals surface area contributed by atoms with Crippen molar-refractivity contribution in [3.05, 3.63) is 29.3 Å². The molecule has 17 heavy (non-hydrogen) atoms. The molecule has 0 aliphatic heterocycles. The van der Waals surface area contributed by atoms with Gasteiger partial charge in [0, 0.05) is 23.0 Å². The second-order valence-electron chi connectivity index (χ2n) is 3.48. The highest BCUT2D eigenvalue weighted by Gasteiger charge is 2.12. The van der Waals surface area contributed by atoms with E-state index in [-0.39, 0.29) is 5.56 Å². The Labute approximate surface area is 97.2 Å². The maximum absolute atomic E-state index is 10.9. The highest BCUT2D eigenvalue weighted by molar-refractivity contribution is 6.38. The molecule has 90 valence electrons. The first-order chi connectivity index (χ1) is 7.82. The van der Waals surface area contributed by atoms with Gasteiger partial charge in [-0.3, -0.25) is 4.79 Å². The molecule has 0 saturated heterocycles. The SMILES string of the molecule is Cc1c(N)cc(C(O)=CC(=O)C(=O)O)cc1N. The van der Waals surface area contributed by atoms with Crippen LogP contribution in [-0.4, -0.2) is 22.0 Å². The van der Waals surface area contributed by atoms with Crippen LogP contribution in [0.25, 0.3) is 5.76 Å². The highest BCUT2D eigenvalue weighted by atomic mass is 16.4. The van der Waals surface area contributed by atoms with E-state index in [4.69, 9.17) is 16.6 Å². The fraction of sp³-hybridized carbons (Fsp3) is 0.0909. The van der Waals surface area contributed by atoms with Crippen LogP contribution >= 0.6 is 0 Å². The summed E-state index contributed by atoms with van der Waals surface area (Å²) < 4.78 is 0. The summed E-state index contributed by atoms with van der Waals surface area (Å²) in [6.45, 7) is 1.71. The Kier molecular flexibility index (Phi) is 3.37. The number of carboxylic acids is 1. The van der Waals surface area contributed by atoms with Crippen molar-refractivity contribution < 1.29 is 19.8 Å². The fourth-order valence-electron chi connectivity index (χ4n) is 1.18. The first-order valence-corrected chi connectivity index (χ1v) is 4.66. The lowest BCUT2D eigenvalue weighted by atomic mass is 10.1. The van der Waals surface area contributed by atoms with E-state index in [0.717, 1.165) is 0 Å². The van der Waals surface area contributed by atoms with Crippen LogP contribution in [0.3, 0.4) is 0 Å². The van der Waals surface area contributed by atoms with E-state index >= 15 is 0 Å². The van der Waals surface area contributed by atoms with E-state index in [1.54, 1.807) is 6.92 Å². The van der Waals surface area contributed by atoms with E-state index in [0.29, 0.717) is 23.0 Å². The third kappa shape index (κ3) is 2.75. The van der Waals surface area contributed by atoms with E-state index < -0.39 is 17.5 Å². The normalized spacial score (nSPS) is 11.2. The van der Waals surface area contributed by atoms with Crippen molar-refractivity contribution in [3.63, 3.8) is 0 Å². The van der Waals surface area contributed by atoms with Crippen LogP contribution < -0.4 is 11.5 Å². The summed E-state index contributed by atoms with van der Waals surface area (Å²) in [5.41, 5.74) is 12.8. The third-order valence-electron chi connectivity index (χ3n) is 2.26. The number of hydrogen-bond donors (Lipinski definition) is 4. The van der Waals surface area contributed by atoms with Gasteiger partial charge in [-0.1, -0.05) is 0 Å². The largest absolute Gasteiger partial charge is 0.507 e. The Hall–Kier alpha value is -2.50. The molecular weight excluding hydrogens is 224 g/mol. The maximum Gasteiger partial charge on any atom is 0.376 e. The smallest absolute Gasteiger partial charge is 0.376 e. The summed E-state index contributed by atoms with van der Waals surface area (Å²) in [7, 11) is 0. The fourth-order valence-corrected chi connectivity index (χ4v) is 1.18. The minimum Gasteiger partial charge on any atom is -0.507 e. The molecule has 6 nitrogen and oxygen atoms in total. The average Bonchev–Trinajstić information content (AvgIpc) is 2.24. The van der Waals surface area contributed by atoms with Gasteiger partial charge in [-0.25, -0.2) is 4.79 Å². The minimum atomic E-state index is -1.65. The average molecular weight is 236 g/mol. The first-order valence-electron chi connectivity index (χ1n) is 4.66. The van der Waals surface area contributed by atoms with Crippen molar-refractivity contribution >= 4 is 28.9 Å².